The van der Waals surface area contributed by atoms with Crippen molar-refractivity contribution in [2.45, 2.75) is 63.5 Å². The predicted molar refractivity (Wildman–Crippen MR) is 90.9 cm³/mol. The van der Waals surface area contributed by atoms with Crippen molar-refractivity contribution in [1.29, 1.82) is 0 Å². The van der Waals surface area contributed by atoms with Crippen molar-refractivity contribution in [3.63, 3.8) is 0 Å². The van der Waals surface area contributed by atoms with E-state index in [9.17, 15) is 0 Å². The molecule has 0 aromatic heterocycles. The fraction of sp³-hybridized carbons (Fsp3) is 0.650. The van der Waals surface area contributed by atoms with Gasteiger partial charge in [0.2, 0.25) is 0 Å². The van der Waals surface area contributed by atoms with Gasteiger partial charge < -0.3 is 4.90 Å². The minimum atomic E-state index is 0.746. The van der Waals surface area contributed by atoms with Crippen LogP contribution in [0.3, 0.4) is 0 Å². The van der Waals surface area contributed by atoms with Crippen molar-refractivity contribution >= 4 is 0 Å². The van der Waals surface area contributed by atoms with E-state index in [0.717, 1.165) is 30.3 Å². The summed E-state index contributed by atoms with van der Waals surface area (Å²) in [7, 11) is 2.35. The minimum absolute atomic E-state index is 0.746. The molecule has 0 bridgehead atoms. The number of allylic oxidation sites excluding steroid dienone is 3. The summed E-state index contributed by atoms with van der Waals surface area (Å²) >= 11 is 0. The molecule has 21 heavy (non-hydrogen) atoms. The Hall–Kier alpha value is -1.22. The zero-order chi connectivity index (χ0) is 15.1. The van der Waals surface area contributed by atoms with Crippen molar-refractivity contribution in [2.24, 2.45) is 11.8 Å². The number of terminal acetylenes is 1. The molecular formula is C20H29N. The molecule has 1 saturated carbocycles. The van der Waals surface area contributed by atoms with Gasteiger partial charge in [0.05, 0.1) is 0 Å². The molecule has 0 aromatic carbocycles. The van der Waals surface area contributed by atoms with Gasteiger partial charge in [0, 0.05) is 12.1 Å². The Morgan fingerprint density at radius 2 is 2.14 bits per heavy atom. The highest BCUT2D eigenvalue weighted by Gasteiger charge is 2.40. The fourth-order valence-electron chi connectivity index (χ4n) is 4.45. The lowest BCUT2D eigenvalue weighted by molar-refractivity contribution is 0.00436. The lowest BCUT2D eigenvalue weighted by Crippen LogP contribution is -2.52. The summed E-state index contributed by atoms with van der Waals surface area (Å²) < 4.78 is 0. The molecule has 2 aliphatic rings. The maximum atomic E-state index is 5.32. The smallest absolute Gasteiger partial charge is 0.0126 e. The summed E-state index contributed by atoms with van der Waals surface area (Å²) in [5.74, 6) is 4.33. The number of piperidine rings is 1. The minimum Gasteiger partial charge on any atom is -0.300 e. The molecular weight excluding hydrogens is 254 g/mol. The first-order valence-electron chi connectivity index (χ1n) is 8.45. The summed E-state index contributed by atoms with van der Waals surface area (Å²) in [6.45, 7) is 3.66. The highest BCUT2D eigenvalue weighted by Crippen LogP contribution is 2.42. The zero-order valence-electron chi connectivity index (χ0n) is 13.4. The van der Waals surface area contributed by atoms with E-state index in [1.807, 2.05) is 6.08 Å². The van der Waals surface area contributed by atoms with E-state index in [4.69, 9.17) is 6.42 Å². The molecule has 1 aliphatic carbocycles. The van der Waals surface area contributed by atoms with Gasteiger partial charge in [-0.05, 0) is 76.0 Å². The first-order valence-corrected chi connectivity index (χ1v) is 8.45. The second kappa shape index (κ2) is 8.28. The molecule has 1 heteroatoms. The predicted octanol–water partition coefficient (Wildman–Crippen LogP) is 4.57. The molecule has 0 radical (unpaired) electrons. The molecule has 4 atom stereocenters. The number of nitrogens with zero attached hydrogens (tertiary/aromatic N) is 1. The molecule has 0 amide bonds. The third-order valence-electron chi connectivity index (χ3n) is 5.55. The van der Waals surface area contributed by atoms with Gasteiger partial charge in [-0.15, -0.1) is 12.2 Å². The summed E-state index contributed by atoms with van der Waals surface area (Å²) in [6.07, 6.45) is 21.9. The van der Waals surface area contributed by atoms with Crippen LogP contribution in [0.25, 0.3) is 0 Å². The molecule has 0 aromatic rings. The third-order valence-corrected chi connectivity index (χ3v) is 5.55. The topological polar surface area (TPSA) is 3.24 Å². The molecule has 0 spiro atoms. The molecule has 1 aliphatic heterocycles. The van der Waals surface area contributed by atoms with E-state index >= 15 is 0 Å². The summed E-state index contributed by atoms with van der Waals surface area (Å²) in [5, 5.41) is 0. The van der Waals surface area contributed by atoms with Crippen molar-refractivity contribution < 1.29 is 0 Å². The monoisotopic (exact) mass is 283 g/mol. The van der Waals surface area contributed by atoms with Gasteiger partial charge in [-0.2, -0.15) is 0 Å². The molecule has 1 nitrogen and oxygen atoms in total. The average molecular weight is 283 g/mol. The van der Waals surface area contributed by atoms with Crippen LogP contribution in [0.2, 0.25) is 0 Å². The van der Waals surface area contributed by atoms with E-state index in [0.29, 0.717) is 0 Å². The maximum Gasteiger partial charge on any atom is 0.0126 e. The van der Waals surface area contributed by atoms with E-state index in [1.165, 1.54) is 44.9 Å². The number of hydrogen-bond donors (Lipinski definition) is 0. The van der Waals surface area contributed by atoms with E-state index in [2.05, 4.69) is 42.3 Å². The van der Waals surface area contributed by atoms with Gasteiger partial charge in [0.25, 0.3) is 0 Å². The van der Waals surface area contributed by atoms with Crippen LogP contribution in [0.15, 0.2) is 30.5 Å². The van der Waals surface area contributed by atoms with Crippen molar-refractivity contribution in [3.05, 3.63) is 30.5 Å². The van der Waals surface area contributed by atoms with E-state index in [-0.39, 0.29) is 0 Å². The lowest BCUT2D eigenvalue weighted by atomic mass is 9.68. The maximum absolute atomic E-state index is 5.32. The van der Waals surface area contributed by atoms with E-state index < -0.39 is 0 Å². The highest BCUT2D eigenvalue weighted by atomic mass is 15.2. The lowest BCUT2D eigenvalue weighted by Gasteiger charge is -2.50. The van der Waals surface area contributed by atoms with Crippen LogP contribution in [-0.4, -0.2) is 24.0 Å². The van der Waals surface area contributed by atoms with E-state index in [1.54, 1.807) is 0 Å². The van der Waals surface area contributed by atoms with Gasteiger partial charge >= 0.3 is 0 Å². The molecule has 2 fully saturated rings. The van der Waals surface area contributed by atoms with Gasteiger partial charge in [-0.3, -0.25) is 0 Å². The van der Waals surface area contributed by atoms with Crippen LogP contribution >= 0.6 is 0 Å². The van der Waals surface area contributed by atoms with Crippen molar-refractivity contribution in [2.75, 3.05) is 7.05 Å². The molecule has 114 valence electrons. The molecule has 4 unspecified atom stereocenters. The van der Waals surface area contributed by atoms with Crippen LogP contribution in [0.1, 0.15) is 51.4 Å². The Morgan fingerprint density at radius 1 is 1.29 bits per heavy atom. The Labute approximate surface area is 130 Å². The Kier molecular flexibility index (Phi) is 6.37. The second-order valence-electron chi connectivity index (χ2n) is 6.61. The van der Waals surface area contributed by atoms with Crippen LogP contribution < -0.4 is 0 Å². The summed E-state index contributed by atoms with van der Waals surface area (Å²) in [5.41, 5.74) is 2.90. The number of fused-ring (bicyclic) bond motifs is 1. The van der Waals surface area contributed by atoms with Crippen molar-refractivity contribution in [3.8, 4) is 12.3 Å². The number of hydrogen-bond acceptors (Lipinski definition) is 1. The SMILES string of the molecule is C#C/C=C\CC1CCCC2C1CCC(CCC=C=C)N2C. The Bertz CT molecular complexity index is 435. The van der Waals surface area contributed by atoms with Crippen LogP contribution in [-0.2, 0) is 0 Å². The summed E-state index contributed by atoms with van der Waals surface area (Å²) in [6, 6.07) is 1.53. The molecule has 0 N–H and O–H groups in total. The molecule has 1 saturated heterocycles. The van der Waals surface area contributed by atoms with Gasteiger partial charge in [-0.25, -0.2) is 0 Å². The molecule has 1 heterocycles. The highest BCUT2D eigenvalue weighted by molar-refractivity contribution is 5.09. The zero-order valence-corrected chi connectivity index (χ0v) is 13.4. The average Bonchev–Trinajstić information content (AvgIpc) is 2.50. The number of rotatable bonds is 5. The first-order chi connectivity index (χ1) is 10.3. The normalized spacial score (nSPS) is 33.1. The first kappa shape index (κ1) is 16.2. The Balaban J connectivity index is 1.95. The Morgan fingerprint density at radius 3 is 2.90 bits per heavy atom. The fourth-order valence-corrected chi connectivity index (χ4v) is 4.45. The van der Waals surface area contributed by atoms with Gasteiger partial charge in [0.15, 0.2) is 0 Å². The van der Waals surface area contributed by atoms with Crippen molar-refractivity contribution in [1.82, 2.24) is 4.90 Å². The standard InChI is InChI=1S/C20H29N/c1-4-6-8-11-17-12-10-14-20-19(17)16-15-18(21(20)3)13-9-7-5-2/h1,6-8,17-20H,2,9-16H2,3H3/b8-6-. The van der Waals surface area contributed by atoms with Crippen LogP contribution in [0, 0.1) is 24.2 Å². The van der Waals surface area contributed by atoms with Gasteiger partial charge in [0.1, 0.15) is 0 Å². The second-order valence-corrected chi connectivity index (χ2v) is 6.61. The number of likely N-dealkylation sites (tertiary alicyclic amines) is 1. The van der Waals surface area contributed by atoms with Gasteiger partial charge in [-0.1, -0.05) is 25.0 Å². The quantitative estimate of drug-likeness (QED) is 0.528. The summed E-state index contributed by atoms with van der Waals surface area (Å²) in [4.78, 5) is 2.68. The third kappa shape index (κ3) is 4.13. The largest absolute Gasteiger partial charge is 0.300 e. The van der Waals surface area contributed by atoms with Crippen LogP contribution in [0.4, 0.5) is 0 Å². The van der Waals surface area contributed by atoms with Crippen LogP contribution in [0.5, 0.6) is 0 Å². The molecule has 2 rings (SSSR count).